The van der Waals surface area contributed by atoms with Gasteiger partial charge in [-0.2, -0.15) is 13.2 Å². The van der Waals surface area contributed by atoms with Gasteiger partial charge in [0.15, 0.2) is 0 Å². The lowest BCUT2D eigenvalue weighted by molar-refractivity contribution is -0.137. The lowest BCUT2D eigenvalue weighted by Gasteiger charge is -2.04. The Morgan fingerprint density at radius 2 is 1.27 bits per heavy atom. The molecule has 4 nitrogen and oxygen atoms in total. The monoisotopic (exact) mass is 224 g/mol. The lowest BCUT2D eigenvalue weighted by atomic mass is 10.2. The predicted molar refractivity (Wildman–Crippen MR) is 45.5 cm³/mol. The fourth-order valence-corrected chi connectivity index (χ4v) is 0.650. The molecule has 0 saturated carbocycles. The first kappa shape index (κ1) is 13.8. The summed E-state index contributed by atoms with van der Waals surface area (Å²) in [5.41, 5.74) is -0.754. The van der Waals surface area contributed by atoms with E-state index in [2.05, 4.69) is 0 Å². The Kier molecular flexibility index (Phi) is 5.13. The summed E-state index contributed by atoms with van der Waals surface area (Å²) in [5.74, 6) is -0.169. The van der Waals surface area contributed by atoms with Crippen molar-refractivity contribution in [3.8, 4) is 5.75 Å². The number of halogens is 3. The second-order valence-electron chi connectivity index (χ2n) is 2.39. The van der Waals surface area contributed by atoms with E-state index in [0.717, 1.165) is 24.3 Å². The first-order valence-electron chi connectivity index (χ1n) is 3.64. The van der Waals surface area contributed by atoms with Crippen LogP contribution in [-0.4, -0.2) is 27.5 Å². The second kappa shape index (κ2) is 5.59. The molecule has 1 aromatic carbocycles. The molecule has 0 saturated heterocycles. The third-order valence-corrected chi connectivity index (χ3v) is 1.19. The molecule has 8 heteroatoms. The fourth-order valence-electron chi connectivity index (χ4n) is 0.650. The number of alkyl halides is 3. The van der Waals surface area contributed by atoms with Crippen molar-refractivity contribution in [3.63, 3.8) is 0 Å². The van der Waals surface area contributed by atoms with Crippen LogP contribution in [0.3, 0.4) is 0 Å². The average Bonchev–Trinajstić information content (AvgIpc) is 2.01. The van der Waals surface area contributed by atoms with Crippen molar-refractivity contribution in [2.45, 2.75) is 6.18 Å². The third-order valence-electron chi connectivity index (χ3n) is 1.19. The largest absolute Gasteiger partial charge is 0.631 e. The predicted octanol–water partition coefficient (Wildman–Crippen LogP) is 0.359. The van der Waals surface area contributed by atoms with Crippen LogP contribution in [0.2, 0.25) is 0 Å². The van der Waals surface area contributed by atoms with E-state index in [-0.39, 0.29) is 5.75 Å². The molecular weight excluding hydrogens is 216 g/mol. The molecule has 4 N–H and O–H groups in total. The summed E-state index contributed by atoms with van der Waals surface area (Å²) in [6, 6.07) is 3.66. The molecule has 0 atom stereocenters. The number of hydrogen-bond acceptors (Lipinski definition) is 4. The summed E-state index contributed by atoms with van der Waals surface area (Å²) in [5, 5.41) is 30.2. The highest BCUT2D eigenvalue weighted by Crippen LogP contribution is 2.29. The Hall–Kier alpha value is -1.25. The van der Waals surface area contributed by atoms with Crippen molar-refractivity contribution in [2.75, 3.05) is 0 Å². The van der Waals surface area contributed by atoms with Gasteiger partial charge in [0.2, 0.25) is 0 Å². The highest BCUT2D eigenvalue weighted by Gasteiger charge is 2.29. The van der Waals surface area contributed by atoms with Crippen LogP contribution in [-0.2, 0) is 6.18 Å². The maximum absolute atomic E-state index is 11.8. The Morgan fingerprint density at radius 1 is 0.933 bits per heavy atom. The molecule has 0 unspecified atom stereocenters. The first-order valence-corrected chi connectivity index (χ1v) is 3.64. The van der Waals surface area contributed by atoms with Gasteiger partial charge in [-0.15, -0.1) is 0 Å². The summed E-state index contributed by atoms with van der Waals surface area (Å²) < 4.78 is 35.5. The van der Waals surface area contributed by atoms with Gasteiger partial charge in [0.25, 0.3) is 0 Å². The van der Waals surface area contributed by atoms with Crippen molar-refractivity contribution < 1.29 is 33.3 Å². The molecular formula is C7H8BF3O4. The van der Waals surface area contributed by atoms with Gasteiger partial charge in [-0.3, -0.25) is 0 Å². The summed E-state index contributed by atoms with van der Waals surface area (Å²) in [6.45, 7) is 0. The van der Waals surface area contributed by atoms with Gasteiger partial charge < -0.3 is 20.2 Å². The molecule has 0 aliphatic carbocycles. The molecule has 0 radical (unpaired) electrons. The first-order chi connectivity index (χ1) is 6.73. The van der Waals surface area contributed by atoms with Gasteiger partial charge in [0.1, 0.15) is 5.75 Å². The van der Waals surface area contributed by atoms with Crippen molar-refractivity contribution >= 4 is 7.32 Å². The van der Waals surface area contributed by atoms with E-state index in [1.807, 2.05) is 0 Å². The zero-order chi connectivity index (χ0) is 12.1. The van der Waals surface area contributed by atoms with Gasteiger partial charge in [0.05, 0.1) is 5.56 Å². The van der Waals surface area contributed by atoms with Gasteiger partial charge in [-0.25, -0.2) is 0 Å². The van der Waals surface area contributed by atoms with Crippen molar-refractivity contribution in [1.82, 2.24) is 0 Å². The normalized spacial score (nSPS) is 10.3. The molecule has 0 heterocycles. The minimum Gasteiger partial charge on any atom is -0.508 e. The van der Waals surface area contributed by atoms with Crippen LogP contribution in [0.1, 0.15) is 5.56 Å². The standard InChI is InChI=1S/C7H5F3O.BH3O3/c8-7(9,10)5-1-3-6(11)4-2-5;2-1(3)4/h1-4,11H;2-4H. The smallest absolute Gasteiger partial charge is 0.508 e. The van der Waals surface area contributed by atoms with E-state index < -0.39 is 19.1 Å². The van der Waals surface area contributed by atoms with E-state index in [0.29, 0.717) is 0 Å². The molecule has 0 aliphatic rings. The molecule has 0 bridgehead atoms. The Balaban J connectivity index is 0.000000423. The maximum atomic E-state index is 11.8. The molecule has 0 fully saturated rings. The lowest BCUT2D eigenvalue weighted by Crippen LogP contribution is -2.07. The van der Waals surface area contributed by atoms with Crippen LogP contribution in [0.25, 0.3) is 0 Å². The van der Waals surface area contributed by atoms with Crippen LogP contribution < -0.4 is 0 Å². The molecule has 1 aromatic rings. The summed E-state index contributed by atoms with van der Waals surface area (Å²) in [7, 11) is -2.17. The molecule has 0 amide bonds. The maximum Gasteiger partial charge on any atom is 0.631 e. The minimum atomic E-state index is -4.33. The fraction of sp³-hybridized carbons (Fsp3) is 0.143. The SMILES string of the molecule is OB(O)O.Oc1ccc(C(F)(F)F)cc1. The van der Waals surface area contributed by atoms with Crippen LogP contribution >= 0.6 is 0 Å². The third kappa shape index (κ3) is 6.78. The minimum absolute atomic E-state index is 0.169. The summed E-state index contributed by atoms with van der Waals surface area (Å²) in [4.78, 5) is 0. The molecule has 15 heavy (non-hydrogen) atoms. The van der Waals surface area contributed by atoms with Crippen LogP contribution in [0.15, 0.2) is 24.3 Å². The van der Waals surface area contributed by atoms with E-state index in [4.69, 9.17) is 20.2 Å². The van der Waals surface area contributed by atoms with E-state index in [1.54, 1.807) is 0 Å². The highest BCUT2D eigenvalue weighted by atomic mass is 19.4. The molecule has 1 rings (SSSR count). The van der Waals surface area contributed by atoms with E-state index in [1.165, 1.54) is 0 Å². The number of rotatable bonds is 0. The van der Waals surface area contributed by atoms with Crippen molar-refractivity contribution in [2.24, 2.45) is 0 Å². The van der Waals surface area contributed by atoms with Crippen LogP contribution in [0, 0.1) is 0 Å². The molecule has 0 spiro atoms. The summed E-state index contributed by atoms with van der Waals surface area (Å²) in [6.07, 6.45) is -4.33. The second-order valence-corrected chi connectivity index (χ2v) is 2.39. The number of benzene rings is 1. The average molecular weight is 224 g/mol. The van der Waals surface area contributed by atoms with Gasteiger partial charge in [-0.1, -0.05) is 0 Å². The number of phenols is 1. The molecule has 0 aromatic heterocycles. The van der Waals surface area contributed by atoms with Crippen molar-refractivity contribution in [1.29, 1.82) is 0 Å². The van der Waals surface area contributed by atoms with Crippen LogP contribution in [0.5, 0.6) is 5.75 Å². The van der Waals surface area contributed by atoms with Crippen LogP contribution in [0.4, 0.5) is 13.2 Å². The van der Waals surface area contributed by atoms with Crippen molar-refractivity contribution in [3.05, 3.63) is 29.8 Å². The number of hydrogen-bond donors (Lipinski definition) is 4. The number of aromatic hydroxyl groups is 1. The molecule has 84 valence electrons. The molecule has 0 aliphatic heterocycles. The van der Waals surface area contributed by atoms with Gasteiger partial charge in [0, 0.05) is 0 Å². The highest BCUT2D eigenvalue weighted by molar-refractivity contribution is 6.30. The number of phenolic OH excluding ortho intramolecular Hbond substituents is 1. The van der Waals surface area contributed by atoms with Gasteiger partial charge >= 0.3 is 13.5 Å². The van der Waals surface area contributed by atoms with E-state index in [9.17, 15) is 13.2 Å². The van der Waals surface area contributed by atoms with E-state index >= 15 is 0 Å². The Labute approximate surface area is 83.4 Å². The van der Waals surface area contributed by atoms with Gasteiger partial charge in [-0.05, 0) is 24.3 Å². The summed E-state index contributed by atoms with van der Waals surface area (Å²) >= 11 is 0. The topological polar surface area (TPSA) is 80.9 Å². The quantitative estimate of drug-likeness (QED) is 0.479. The Morgan fingerprint density at radius 3 is 1.53 bits per heavy atom. The zero-order valence-electron chi connectivity index (χ0n) is 7.31. The Bertz CT molecular complexity index is 283. The zero-order valence-corrected chi connectivity index (χ0v) is 7.31.